The van der Waals surface area contributed by atoms with E-state index in [-0.39, 0.29) is 0 Å². The third kappa shape index (κ3) is 2.15. The van der Waals surface area contributed by atoms with Crippen molar-refractivity contribution in [2.75, 3.05) is 18.4 Å². The number of fused-ring (bicyclic) bond motifs is 1. The van der Waals surface area contributed by atoms with Gasteiger partial charge in [0.2, 0.25) is 0 Å². The van der Waals surface area contributed by atoms with Crippen molar-refractivity contribution in [1.82, 2.24) is 0 Å². The molecule has 3 N–H and O–H groups in total. The summed E-state index contributed by atoms with van der Waals surface area (Å²) in [7, 11) is 0. The zero-order chi connectivity index (χ0) is 10.7. The summed E-state index contributed by atoms with van der Waals surface area (Å²) in [6, 6.07) is 6.59. The maximum absolute atomic E-state index is 5.69. The van der Waals surface area contributed by atoms with E-state index in [2.05, 4.69) is 30.4 Å². The lowest BCUT2D eigenvalue weighted by atomic mass is 9.90. The van der Waals surface area contributed by atoms with Gasteiger partial charge < -0.3 is 11.1 Å². The fraction of sp³-hybridized carbons (Fsp3) is 0.538. The summed E-state index contributed by atoms with van der Waals surface area (Å²) in [4.78, 5) is 0. The maximum Gasteiger partial charge on any atom is 0.0405 e. The van der Waals surface area contributed by atoms with E-state index in [9.17, 15) is 0 Å². The predicted molar refractivity (Wildman–Crippen MR) is 65.3 cm³/mol. The minimum atomic E-state index is 0.653. The zero-order valence-corrected chi connectivity index (χ0v) is 9.42. The first-order chi connectivity index (χ1) is 7.33. The normalized spacial score (nSPS) is 20.3. The van der Waals surface area contributed by atoms with E-state index in [4.69, 9.17) is 5.73 Å². The molecule has 0 aliphatic carbocycles. The molecule has 82 valence electrons. The zero-order valence-electron chi connectivity index (χ0n) is 9.42. The van der Waals surface area contributed by atoms with Gasteiger partial charge in [-0.05, 0) is 49.8 Å². The molecule has 0 radical (unpaired) electrons. The second-order valence-corrected chi connectivity index (χ2v) is 4.38. The standard InChI is InChI=1S/C13H20N2/c1-10-4-2-6-12-11(7-8-14)5-3-9-15-13(10)12/h2,4,6,11,15H,3,5,7-9,14H2,1H3. The molecule has 0 saturated heterocycles. The van der Waals surface area contributed by atoms with Crippen LogP contribution >= 0.6 is 0 Å². The highest BCUT2D eigenvalue weighted by Gasteiger charge is 2.18. The van der Waals surface area contributed by atoms with Crippen LogP contribution in [-0.2, 0) is 0 Å². The number of para-hydroxylation sites is 1. The Bertz CT molecular complexity index is 333. The number of nitrogens with one attached hydrogen (secondary N) is 1. The van der Waals surface area contributed by atoms with Gasteiger partial charge in [0.05, 0.1) is 0 Å². The summed E-state index contributed by atoms with van der Waals surface area (Å²) in [5.74, 6) is 0.653. The van der Waals surface area contributed by atoms with E-state index in [1.165, 1.54) is 29.7 Å². The molecule has 15 heavy (non-hydrogen) atoms. The molecule has 0 saturated carbocycles. The highest BCUT2D eigenvalue weighted by molar-refractivity contribution is 5.59. The van der Waals surface area contributed by atoms with Crippen LogP contribution in [0.5, 0.6) is 0 Å². The lowest BCUT2D eigenvalue weighted by Gasteiger charge is -2.17. The van der Waals surface area contributed by atoms with Gasteiger partial charge in [-0.15, -0.1) is 0 Å². The molecule has 0 spiro atoms. The second kappa shape index (κ2) is 4.67. The summed E-state index contributed by atoms with van der Waals surface area (Å²) in [5, 5.41) is 3.54. The molecule has 1 heterocycles. The molecule has 0 fully saturated rings. The van der Waals surface area contributed by atoms with Crippen LogP contribution in [0, 0.1) is 6.92 Å². The first-order valence-electron chi connectivity index (χ1n) is 5.86. The van der Waals surface area contributed by atoms with Crippen molar-refractivity contribution in [3.05, 3.63) is 29.3 Å². The van der Waals surface area contributed by atoms with Gasteiger partial charge in [0.25, 0.3) is 0 Å². The fourth-order valence-corrected chi connectivity index (χ4v) is 2.49. The molecule has 2 nitrogen and oxygen atoms in total. The Balaban J connectivity index is 2.36. The summed E-state index contributed by atoms with van der Waals surface area (Å²) < 4.78 is 0. The molecule has 0 aromatic heterocycles. The minimum Gasteiger partial charge on any atom is -0.385 e. The molecule has 0 amide bonds. The largest absolute Gasteiger partial charge is 0.385 e. The highest BCUT2D eigenvalue weighted by atomic mass is 14.9. The molecule has 1 atom stereocenters. The Kier molecular flexibility index (Phi) is 3.27. The van der Waals surface area contributed by atoms with E-state index >= 15 is 0 Å². The molecular formula is C13H20N2. The Hall–Kier alpha value is -1.02. The molecule has 1 aliphatic rings. The van der Waals surface area contributed by atoms with Crippen LogP contribution in [0.2, 0.25) is 0 Å². The Morgan fingerprint density at radius 3 is 3.13 bits per heavy atom. The Morgan fingerprint density at radius 1 is 1.47 bits per heavy atom. The monoisotopic (exact) mass is 204 g/mol. The topological polar surface area (TPSA) is 38.0 Å². The van der Waals surface area contributed by atoms with Crippen LogP contribution in [0.25, 0.3) is 0 Å². The van der Waals surface area contributed by atoms with Crippen molar-refractivity contribution in [2.45, 2.75) is 32.1 Å². The lowest BCUT2D eigenvalue weighted by Crippen LogP contribution is -2.07. The number of rotatable bonds is 2. The summed E-state index contributed by atoms with van der Waals surface area (Å²) in [6.07, 6.45) is 3.62. The van der Waals surface area contributed by atoms with Gasteiger partial charge in [0.1, 0.15) is 0 Å². The molecule has 1 aromatic rings. The average Bonchev–Trinajstić information content (AvgIpc) is 2.43. The number of benzene rings is 1. The van der Waals surface area contributed by atoms with Crippen LogP contribution in [0.15, 0.2) is 18.2 Å². The van der Waals surface area contributed by atoms with E-state index in [0.717, 1.165) is 19.5 Å². The SMILES string of the molecule is Cc1cccc2c1NCCCC2CCN. The smallest absolute Gasteiger partial charge is 0.0405 e. The van der Waals surface area contributed by atoms with Gasteiger partial charge in [0, 0.05) is 12.2 Å². The lowest BCUT2D eigenvalue weighted by molar-refractivity contribution is 0.580. The van der Waals surface area contributed by atoms with Gasteiger partial charge in [-0.2, -0.15) is 0 Å². The van der Waals surface area contributed by atoms with Crippen LogP contribution in [0.1, 0.15) is 36.3 Å². The van der Waals surface area contributed by atoms with Crippen molar-refractivity contribution in [3.63, 3.8) is 0 Å². The summed E-state index contributed by atoms with van der Waals surface area (Å²) in [5.41, 5.74) is 9.87. The van der Waals surface area contributed by atoms with Crippen molar-refractivity contribution >= 4 is 5.69 Å². The molecule has 2 rings (SSSR count). The van der Waals surface area contributed by atoms with Crippen molar-refractivity contribution in [2.24, 2.45) is 5.73 Å². The van der Waals surface area contributed by atoms with Crippen LogP contribution in [0.4, 0.5) is 5.69 Å². The fourth-order valence-electron chi connectivity index (χ4n) is 2.49. The van der Waals surface area contributed by atoms with E-state index < -0.39 is 0 Å². The molecule has 1 aromatic carbocycles. The van der Waals surface area contributed by atoms with Gasteiger partial charge in [0.15, 0.2) is 0 Å². The quantitative estimate of drug-likeness (QED) is 0.777. The van der Waals surface area contributed by atoms with Crippen LogP contribution in [-0.4, -0.2) is 13.1 Å². The van der Waals surface area contributed by atoms with E-state index in [1.807, 2.05) is 0 Å². The number of hydrogen-bond acceptors (Lipinski definition) is 2. The Labute approximate surface area is 91.9 Å². The molecule has 1 unspecified atom stereocenters. The molecule has 1 aliphatic heterocycles. The number of anilines is 1. The number of aryl methyl sites for hydroxylation is 1. The third-order valence-electron chi connectivity index (χ3n) is 3.29. The first kappa shape index (κ1) is 10.5. The molecule has 2 heteroatoms. The molecular weight excluding hydrogens is 184 g/mol. The molecule has 0 bridgehead atoms. The number of nitrogens with two attached hydrogens (primary N) is 1. The Morgan fingerprint density at radius 2 is 2.33 bits per heavy atom. The second-order valence-electron chi connectivity index (χ2n) is 4.38. The summed E-state index contributed by atoms with van der Waals surface area (Å²) in [6.45, 7) is 4.06. The maximum atomic E-state index is 5.69. The van der Waals surface area contributed by atoms with Gasteiger partial charge in [-0.25, -0.2) is 0 Å². The minimum absolute atomic E-state index is 0.653. The number of hydrogen-bond donors (Lipinski definition) is 2. The van der Waals surface area contributed by atoms with Crippen LogP contribution in [0.3, 0.4) is 0 Å². The average molecular weight is 204 g/mol. The predicted octanol–water partition coefficient (Wildman–Crippen LogP) is 2.63. The van der Waals surface area contributed by atoms with Crippen molar-refractivity contribution < 1.29 is 0 Å². The van der Waals surface area contributed by atoms with Gasteiger partial charge in [-0.3, -0.25) is 0 Å². The summed E-state index contributed by atoms with van der Waals surface area (Å²) >= 11 is 0. The first-order valence-corrected chi connectivity index (χ1v) is 5.86. The van der Waals surface area contributed by atoms with Crippen molar-refractivity contribution in [3.8, 4) is 0 Å². The highest BCUT2D eigenvalue weighted by Crippen LogP contribution is 2.34. The van der Waals surface area contributed by atoms with Crippen molar-refractivity contribution in [1.29, 1.82) is 0 Å². The van der Waals surface area contributed by atoms with Gasteiger partial charge in [-0.1, -0.05) is 18.2 Å². The van der Waals surface area contributed by atoms with E-state index in [1.54, 1.807) is 0 Å². The van der Waals surface area contributed by atoms with E-state index in [0.29, 0.717) is 5.92 Å². The van der Waals surface area contributed by atoms with Crippen LogP contribution < -0.4 is 11.1 Å². The third-order valence-corrected chi connectivity index (χ3v) is 3.29. The van der Waals surface area contributed by atoms with Gasteiger partial charge >= 0.3 is 0 Å².